The summed E-state index contributed by atoms with van der Waals surface area (Å²) in [5.41, 5.74) is 0. The predicted molar refractivity (Wildman–Crippen MR) is 63.7 cm³/mol. The number of carbonyl (C=O) groups excluding carboxylic acids is 1. The summed E-state index contributed by atoms with van der Waals surface area (Å²) in [6.07, 6.45) is 4.19. The molecule has 0 saturated heterocycles. The van der Waals surface area contributed by atoms with E-state index in [9.17, 15) is 4.79 Å². The standard InChI is InChI=1S/C13H26O2/c1-6-10(2)7-11(3)8-12(4)9-13(14)15-5/h10-12H,6-9H2,1-5H3/t10-,11-,12+/m0/s1. The van der Waals surface area contributed by atoms with Crippen LogP contribution in [0.15, 0.2) is 0 Å². The van der Waals surface area contributed by atoms with Crippen molar-refractivity contribution in [1.82, 2.24) is 0 Å². The van der Waals surface area contributed by atoms with Crippen LogP contribution in [-0.2, 0) is 9.53 Å². The van der Waals surface area contributed by atoms with Crippen LogP contribution in [0, 0.1) is 17.8 Å². The van der Waals surface area contributed by atoms with Gasteiger partial charge in [-0.25, -0.2) is 0 Å². The Bertz CT molecular complexity index is 177. The normalized spacial score (nSPS) is 16.9. The summed E-state index contributed by atoms with van der Waals surface area (Å²) in [7, 11) is 1.46. The number of hydrogen-bond donors (Lipinski definition) is 0. The van der Waals surface area contributed by atoms with Gasteiger partial charge in [-0.1, -0.05) is 34.1 Å². The van der Waals surface area contributed by atoms with Crippen LogP contribution in [0.4, 0.5) is 0 Å². The number of rotatable bonds is 7. The lowest BCUT2D eigenvalue weighted by molar-refractivity contribution is -0.141. The van der Waals surface area contributed by atoms with E-state index in [-0.39, 0.29) is 5.97 Å². The second kappa shape index (κ2) is 7.72. The second-order valence-electron chi connectivity index (χ2n) is 4.98. The van der Waals surface area contributed by atoms with Crippen molar-refractivity contribution in [3.8, 4) is 0 Å². The first-order chi connectivity index (χ1) is 6.99. The van der Waals surface area contributed by atoms with Crippen molar-refractivity contribution in [1.29, 1.82) is 0 Å². The van der Waals surface area contributed by atoms with Gasteiger partial charge in [-0.3, -0.25) is 4.79 Å². The Labute approximate surface area is 94.4 Å². The third kappa shape index (κ3) is 7.40. The zero-order chi connectivity index (χ0) is 11.8. The van der Waals surface area contributed by atoms with Gasteiger partial charge >= 0.3 is 5.97 Å². The molecule has 0 heterocycles. The van der Waals surface area contributed by atoms with E-state index in [2.05, 4.69) is 32.4 Å². The van der Waals surface area contributed by atoms with Crippen molar-refractivity contribution in [3.05, 3.63) is 0 Å². The van der Waals surface area contributed by atoms with Gasteiger partial charge in [0.15, 0.2) is 0 Å². The zero-order valence-corrected chi connectivity index (χ0v) is 10.9. The minimum atomic E-state index is -0.0850. The molecule has 0 rings (SSSR count). The molecule has 0 N–H and O–H groups in total. The monoisotopic (exact) mass is 214 g/mol. The molecule has 0 aromatic rings. The van der Waals surface area contributed by atoms with E-state index in [0.717, 1.165) is 12.3 Å². The van der Waals surface area contributed by atoms with E-state index in [1.807, 2.05) is 0 Å². The predicted octanol–water partition coefficient (Wildman–Crippen LogP) is 3.65. The fourth-order valence-electron chi connectivity index (χ4n) is 2.09. The molecule has 0 saturated carbocycles. The van der Waals surface area contributed by atoms with Crippen molar-refractivity contribution in [2.75, 3.05) is 7.11 Å². The van der Waals surface area contributed by atoms with Crippen LogP contribution in [0.2, 0.25) is 0 Å². The fraction of sp³-hybridized carbons (Fsp3) is 0.923. The Morgan fingerprint density at radius 1 is 1.07 bits per heavy atom. The largest absolute Gasteiger partial charge is 0.469 e. The minimum Gasteiger partial charge on any atom is -0.469 e. The molecule has 0 fully saturated rings. The van der Waals surface area contributed by atoms with E-state index in [0.29, 0.717) is 18.3 Å². The molecule has 15 heavy (non-hydrogen) atoms. The Morgan fingerprint density at radius 2 is 1.60 bits per heavy atom. The lowest BCUT2D eigenvalue weighted by atomic mass is 9.87. The molecule has 90 valence electrons. The molecular weight excluding hydrogens is 188 g/mol. The second-order valence-corrected chi connectivity index (χ2v) is 4.98. The van der Waals surface area contributed by atoms with E-state index in [4.69, 9.17) is 0 Å². The molecule has 3 atom stereocenters. The molecule has 0 amide bonds. The smallest absolute Gasteiger partial charge is 0.305 e. The Morgan fingerprint density at radius 3 is 2.07 bits per heavy atom. The highest BCUT2D eigenvalue weighted by Gasteiger charge is 2.14. The van der Waals surface area contributed by atoms with Gasteiger partial charge in [0.2, 0.25) is 0 Å². The lowest BCUT2D eigenvalue weighted by Crippen LogP contribution is -2.12. The lowest BCUT2D eigenvalue weighted by Gasteiger charge is -2.19. The topological polar surface area (TPSA) is 26.3 Å². The zero-order valence-electron chi connectivity index (χ0n) is 10.9. The van der Waals surface area contributed by atoms with Crippen LogP contribution in [0.1, 0.15) is 53.4 Å². The van der Waals surface area contributed by atoms with Crippen LogP contribution in [0.3, 0.4) is 0 Å². The summed E-state index contributed by atoms with van der Waals surface area (Å²) in [5, 5.41) is 0. The molecule has 0 aliphatic rings. The van der Waals surface area contributed by atoms with Crippen LogP contribution < -0.4 is 0 Å². The van der Waals surface area contributed by atoms with E-state index in [1.165, 1.54) is 20.0 Å². The van der Waals surface area contributed by atoms with Crippen molar-refractivity contribution in [3.63, 3.8) is 0 Å². The summed E-state index contributed by atoms with van der Waals surface area (Å²) in [5.74, 6) is 1.86. The van der Waals surface area contributed by atoms with Crippen LogP contribution in [0.25, 0.3) is 0 Å². The third-order valence-electron chi connectivity index (χ3n) is 3.05. The molecule has 0 aliphatic heterocycles. The number of ether oxygens (including phenoxy) is 1. The maximum atomic E-state index is 11.1. The highest BCUT2D eigenvalue weighted by Crippen LogP contribution is 2.23. The maximum absolute atomic E-state index is 11.1. The summed E-state index contributed by atoms with van der Waals surface area (Å²) in [6, 6.07) is 0. The summed E-state index contributed by atoms with van der Waals surface area (Å²) < 4.78 is 4.67. The molecule has 2 nitrogen and oxygen atoms in total. The first kappa shape index (κ1) is 14.5. The summed E-state index contributed by atoms with van der Waals surface area (Å²) >= 11 is 0. The highest BCUT2D eigenvalue weighted by atomic mass is 16.5. The molecule has 0 aromatic heterocycles. The van der Waals surface area contributed by atoms with Gasteiger partial charge in [0.25, 0.3) is 0 Å². The molecule has 0 aromatic carbocycles. The SMILES string of the molecule is CC[C@H](C)C[C@H](C)C[C@@H](C)CC(=O)OC. The Hall–Kier alpha value is -0.530. The maximum Gasteiger partial charge on any atom is 0.305 e. The number of hydrogen-bond acceptors (Lipinski definition) is 2. The van der Waals surface area contributed by atoms with Crippen LogP contribution in [-0.4, -0.2) is 13.1 Å². The average Bonchev–Trinajstić information content (AvgIpc) is 2.16. The van der Waals surface area contributed by atoms with E-state index < -0.39 is 0 Å². The summed E-state index contributed by atoms with van der Waals surface area (Å²) in [4.78, 5) is 11.1. The Balaban J connectivity index is 3.75. The van der Waals surface area contributed by atoms with Gasteiger partial charge in [0, 0.05) is 6.42 Å². The highest BCUT2D eigenvalue weighted by molar-refractivity contribution is 5.69. The van der Waals surface area contributed by atoms with Gasteiger partial charge in [-0.15, -0.1) is 0 Å². The molecule has 0 aliphatic carbocycles. The molecule has 0 bridgehead atoms. The average molecular weight is 214 g/mol. The van der Waals surface area contributed by atoms with E-state index in [1.54, 1.807) is 0 Å². The van der Waals surface area contributed by atoms with Gasteiger partial charge in [-0.2, -0.15) is 0 Å². The molecule has 0 spiro atoms. The molecule has 0 unspecified atom stereocenters. The van der Waals surface area contributed by atoms with Gasteiger partial charge < -0.3 is 4.74 Å². The third-order valence-corrected chi connectivity index (χ3v) is 3.05. The van der Waals surface area contributed by atoms with Crippen LogP contribution in [0.5, 0.6) is 0 Å². The number of methoxy groups -OCH3 is 1. The van der Waals surface area contributed by atoms with E-state index >= 15 is 0 Å². The first-order valence-electron chi connectivity index (χ1n) is 6.06. The van der Waals surface area contributed by atoms with Crippen molar-refractivity contribution >= 4 is 5.97 Å². The Kier molecular flexibility index (Phi) is 7.45. The molecule has 2 heteroatoms. The van der Waals surface area contributed by atoms with Crippen molar-refractivity contribution in [2.24, 2.45) is 17.8 Å². The first-order valence-corrected chi connectivity index (χ1v) is 6.06. The van der Waals surface area contributed by atoms with Crippen molar-refractivity contribution in [2.45, 2.75) is 53.4 Å². The molecule has 0 radical (unpaired) electrons. The quantitative estimate of drug-likeness (QED) is 0.605. The van der Waals surface area contributed by atoms with Gasteiger partial charge in [0.1, 0.15) is 0 Å². The van der Waals surface area contributed by atoms with Crippen molar-refractivity contribution < 1.29 is 9.53 Å². The molecular formula is C13H26O2. The van der Waals surface area contributed by atoms with Gasteiger partial charge in [0.05, 0.1) is 7.11 Å². The summed E-state index contributed by atoms with van der Waals surface area (Å²) in [6.45, 7) is 8.93. The fourth-order valence-corrected chi connectivity index (χ4v) is 2.09. The minimum absolute atomic E-state index is 0.0850. The van der Waals surface area contributed by atoms with Crippen LogP contribution >= 0.6 is 0 Å². The number of esters is 1. The van der Waals surface area contributed by atoms with Gasteiger partial charge in [-0.05, 0) is 30.6 Å². The number of carbonyl (C=O) groups is 1.